The summed E-state index contributed by atoms with van der Waals surface area (Å²) in [6.45, 7) is 5.92. The molecule has 2 heterocycles. The molecule has 8 heteroatoms. The largest absolute Gasteiger partial charge is 0.478 e. The predicted octanol–water partition coefficient (Wildman–Crippen LogP) is 4.07. The lowest BCUT2D eigenvalue weighted by atomic mass is 9.91. The maximum absolute atomic E-state index is 12.4. The Morgan fingerprint density at radius 1 is 1.23 bits per heavy atom. The molecular weight excluding hydrogens is 416 g/mol. The highest BCUT2D eigenvalue weighted by atomic mass is 32.2. The standard InChI is InChI=1S/C23H34N2O5S/c1-3-23(10-11-23)30-22(26)25-12-7-17(8-13-25)20-15-18(20)9-14-29-21-6-5-19(16-24-21)31(27,28)4-2/h5-6,16-18,20H,3-4,7-15H2,1-2H3/t18-,20-/m1/s1. The summed E-state index contributed by atoms with van der Waals surface area (Å²) in [5.41, 5.74) is -0.158. The van der Waals surface area contributed by atoms with E-state index in [1.54, 1.807) is 19.1 Å². The van der Waals surface area contributed by atoms with E-state index in [0.29, 0.717) is 24.3 Å². The van der Waals surface area contributed by atoms with E-state index in [9.17, 15) is 13.2 Å². The van der Waals surface area contributed by atoms with Gasteiger partial charge in [-0.2, -0.15) is 0 Å². The lowest BCUT2D eigenvalue weighted by molar-refractivity contribution is 0.0381. The van der Waals surface area contributed by atoms with E-state index in [4.69, 9.17) is 9.47 Å². The first kappa shape index (κ1) is 22.4. The van der Waals surface area contributed by atoms with E-state index < -0.39 is 9.84 Å². The second-order valence-corrected chi connectivity index (χ2v) is 11.5. The molecule has 2 aliphatic carbocycles. The van der Waals surface area contributed by atoms with Crippen molar-refractivity contribution in [2.24, 2.45) is 17.8 Å². The molecule has 0 spiro atoms. The zero-order chi connectivity index (χ0) is 22.1. The van der Waals surface area contributed by atoms with Crippen molar-refractivity contribution in [2.75, 3.05) is 25.4 Å². The molecule has 1 saturated heterocycles. The summed E-state index contributed by atoms with van der Waals surface area (Å²) in [5, 5.41) is 0. The number of rotatable bonds is 9. The SMILES string of the molecule is CCC1(OC(=O)N2CCC([C@H]3C[C@H]3CCOc3ccc(S(=O)(=O)CC)cn3)CC2)CC1. The summed E-state index contributed by atoms with van der Waals surface area (Å²) in [6, 6.07) is 3.19. The van der Waals surface area contributed by atoms with Crippen molar-refractivity contribution in [2.45, 2.75) is 69.3 Å². The normalized spacial score (nSPS) is 25.2. The number of amides is 1. The Morgan fingerprint density at radius 3 is 2.55 bits per heavy atom. The summed E-state index contributed by atoms with van der Waals surface area (Å²) in [4.78, 5) is 18.6. The maximum atomic E-state index is 12.4. The third-order valence-corrected chi connectivity index (χ3v) is 9.04. The number of carbonyl (C=O) groups excluding carboxylic acids is 1. The van der Waals surface area contributed by atoms with Gasteiger partial charge in [-0.3, -0.25) is 0 Å². The van der Waals surface area contributed by atoms with E-state index in [-0.39, 0.29) is 22.3 Å². The highest BCUT2D eigenvalue weighted by molar-refractivity contribution is 7.91. The number of ether oxygens (including phenoxy) is 2. The van der Waals surface area contributed by atoms with E-state index in [1.807, 2.05) is 4.90 Å². The molecule has 1 aromatic rings. The molecular formula is C23H34N2O5S. The molecule has 2 saturated carbocycles. The monoisotopic (exact) mass is 450 g/mol. The van der Waals surface area contributed by atoms with Crippen molar-refractivity contribution in [3.05, 3.63) is 18.3 Å². The van der Waals surface area contributed by atoms with Gasteiger partial charge < -0.3 is 14.4 Å². The van der Waals surface area contributed by atoms with Gasteiger partial charge in [-0.1, -0.05) is 13.8 Å². The first-order valence-electron chi connectivity index (χ1n) is 11.7. The number of aromatic nitrogens is 1. The number of nitrogens with zero attached hydrogens (tertiary/aromatic N) is 2. The second-order valence-electron chi connectivity index (χ2n) is 9.26. The number of hydrogen-bond donors (Lipinski definition) is 0. The summed E-state index contributed by atoms with van der Waals surface area (Å²) < 4.78 is 35.1. The Morgan fingerprint density at radius 2 is 1.97 bits per heavy atom. The molecule has 4 rings (SSSR count). The van der Waals surface area contributed by atoms with Crippen LogP contribution in [0.3, 0.4) is 0 Å². The molecule has 0 aromatic carbocycles. The number of sulfone groups is 1. The van der Waals surface area contributed by atoms with E-state index in [0.717, 1.165) is 57.5 Å². The second kappa shape index (κ2) is 8.96. The summed E-state index contributed by atoms with van der Waals surface area (Å²) in [6.07, 6.45) is 8.53. The van der Waals surface area contributed by atoms with Crippen LogP contribution in [-0.2, 0) is 14.6 Å². The maximum Gasteiger partial charge on any atom is 0.410 e. The van der Waals surface area contributed by atoms with Crippen molar-refractivity contribution in [1.82, 2.24) is 9.88 Å². The lowest BCUT2D eigenvalue weighted by Crippen LogP contribution is -2.41. The van der Waals surface area contributed by atoms with Crippen LogP contribution in [0.25, 0.3) is 0 Å². The first-order chi connectivity index (χ1) is 14.9. The molecule has 2 atom stereocenters. The highest BCUT2D eigenvalue weighted by Crippen LogP contribution is 2.50. The number of hydrogen-bond acceptors (Lipinski definition) is 6. The zero-order valence-corrected chi connectivity index (χ0v) is 19.4. The van der Waals surface area contributed by atoms with Crippen LogP contribution in [0.2, 0.25) is 0 Å². The van der Waals surface area contributed by atoms with Crippen molar-refractivity contribution in [1.29, 1.82) is 0 Å². The highest BCUT2D eigenvalue weighted by Gasteiger charge is 2.47. The molecule has 7 nitrogen and oxygen atoms in total. The van der Waals surface area contributed by atoms with Gasteiger partial charge in [0.15, 0.2) is 9.84 Å². The van der Waals surface area contributed by atoms with Gasteiger partial charge in [0.25, 0.3) is 0 Å². The molecule has 0 N–H and O–H groups in total. The number of likely N-dealkylation sites (tertiary alicyclic amines) is 1. The summed E-state index contributed by atoms with van der Waals surface area (Å²) in [7, 11) is -3.23. The van der Waals surface area contributed by atoms with Gasteiger partial charge in [0.05, 0.1) is 17.3 Å². The van der Waals surface area contributed by atoms with Gasteiger partial charge in [0.2, 0.25) is 5.88 Å². The topological polar surface area (TPSA) is 85.8 Å². The number of pyridine rings is 1. The number of carbonyl (C=O) groups is 1. The fourth-order valence-electron chi connectivity index (χ4n) is 4.73. The van der Waals surface area contributed by atoms with Gasteiger partial charge in [-0.05, 0) is 68.8 Å². The minimum Gasteiger partial charge on any atom is -0.478 e. The molecule has 3 aliphatic rings. The zero-order valence-electron chi connectivity index (χ0n) is 18.6. The average Bonchev–Trinajstić information content (AvgIpc) is 3.71. The fourth-order valence-corrected chi connectivity index (χ4v) is 5.55. The molecule has 0 bridgehead atoms. The Bertz CT molecular complexity index is 874. The molecule has 0 radical (unpaired) electrons. The summed E-state index contributed by atoms with van der Waals surface area (Å²) >= 11 is 0. The van der Waals surface area contributed by atoms with Crippen LogP contribution < -0.4 is 4.74 Å². The van der Waals surface area contributed by atoms with Crippen LogP contribution >= 0.6 is 0 Å². The fraction of sp³-hybridized carbons (Fsp3) is 0.739. The van der Waals surface area contributed by atoms with Crippen LogP contribution in [0.1, 0.15) is 58.8 Å². The smallest absolute Gasteiger partial charge is 0.410 e. The van der Waals surface area contributed by atoms with E-state index in [1.165, 1.54) is 12.6 Å². The molecule has 1 amide bonds. The average molecular weight is 451 g/mol. The first-order valence-corrected chi connectivity index (χ1v) is 13.3. The molecule has 3 fully saturated rings. The predicted molar refractivity (Wildman–Crippen MR) is 117 cm³/mol. The minimum atomic E-state index is -3.23. The van der Waals surface area contributed by atoms with Crippen molar-refractivity contribution < 1.29 is 22.7 Å². The van der Waals surface area contributed by atoms with Crippen LogP contribution in [0.5, 0.6) is 5.88 Å². The van der Waals surface area contributed by atoms with Crippen LogP contribution in [-0.4, -0.2) is 55.4 Å². The van der Waals surface area contributed by atoms with Gasteiger partial charge >= 0.3 is 6.09 Å². The Kier molecular flexibility index (Phi) is 6.47. The van der Waals surface area contributed by atoms with Crippen molar-refractivity contribution in [3.63, 3.8) is 0 Å². The third-order valence-electron chi connectivity index (χ3n) is 7.32. The Balaban J connectivity index is 1.14. The molecule has 31 heavy (non-hydrogen) atoms. The van der Waals surface area contributed by atoms with Crippen LogP contribution in [0, 0.1) is 17.8 Å². The van der Waals surface area contributed by atoms with E-state index >= 15 is 0 Å². The molecule has 172 valence electrons. The van der Waals surface area contributed by atoms with Crippen molar-refractivity contribution >= 4 is 15.9 Å². The molecule has 1 aromatic heterocycles. The summed E-state index contributed by atoms with van der Waals surface area (Å²) in [5.74, 6) is 2.64. The molecule has 1 aliphatic heterocycles. The third kappa shape index (κ3) is 5.33. The van der Waals surface area contributed by atoms with Gasteiger partial charge in [-0.15, -0.1) is 0 Å². The Hall–Kier alpha value is -1.83. The quantitative estimate of drug-likeness (QED) is 0.564. The van der Waals surface area contributed by atoms with Crippen LogP contribution in [0.15, 0.2) is 23.2 Å². The Labute approximate surface area is 185 Å². The van der Waals surface area contributed by atoms with Gasteiger partial charge in [0, 0.05) is 25.4 Å². The minimum absolute atomic E-state index is 0.0670. The van der Waals surface area contributed by atoms with E-state index in [2.05, 4.69) is 11.9 Å². The number of piperidine rings is 1. The van der Waals surface area contributed by atoms with Crippen LogP contribution in [0.4, 0.5) is 4.79 Å². The van der Waals surface area contributed by atoms with Gasteiger partial charge in [-0.25, -0.2) is 18.2 Å². The van der Waals surface area contributed by atoms with Gasteiger partial charge in [0.1, 0.15) is 5.60 Å². The van der Waals surface area contributed by atoms with Crippen molar-refractivity contribution in [3.8, 4) is 5.88 Å². The lowest BCUT2D eigenvalue weighted by Gasteiger charge is -2.32. The molecule has 0 unspecified atom stereocenters.